The maximum absolute atomic E-state index is 10.3. The molecule has 0 spiro atoms. The second-order valence-electron chi connectivity index (χ2n) is 5.07. The summed E-state index contributed by atoms with van der Waals surface area (Å²) in [5.41, 5.74) is 0.785. The standard InChI is InChI=1S/C16H27NOS/c1-5-16(18,6-2)12-19-15-10-8-14(9-11-15)13(4)17-7-3/h8-11,13,17-18H,5-7,12H2,1-4H3. The number of rotatable bonds is 8. The van der Waals surface area contributed by atoms with Crippen LogP contribution in [0.15, 0.2) is 29.2 Å². The van der Waals surface area contributed by atoms with Crippen molar-refractivity contribution in [2.45, 2.75) is 57.1 Å². The zero-order valence-electron chi connectivity index (χ0n) is 12.6. The molecule has 0 fully saturated rings. The lowest BCUT2D eigenvalue weighted by Crippen LogP contribution is -2.29. The second kappa shape index (κ2) is 7.93. The Labute approximate surface area is 122 Å². The van der Waals surface area contributed by atoms with Crippen molar-refractivity contribution in [2.24, 2.45) is 0 Å². The van der Waals surface area contributed by atoms with Crippen LogP contribution in [-0.4, -0.2) is 23.0 Å². The van der Waals surface area contributed by atoms with E-state index in [4.69, 9.17) is 0 Å². The summed E-state index contributed by atoms with van der Waals surface area (Å²) in [6, 6.07) is 9.05. The Morgan fingerprint density at radius 3 is 2.21 bits per heavy atom. The van der Waals surface area contributed by atoms with Gasteiger partial charge in [-0.1, -0.05) is 32.9 Å². The third kappa shape index (κ3) is 5.17. The fourth-order valence-corrected chi connectivity index (χ4v) is 3.12. The average Bonchev–Trinajstić information content (AvgIpc) is 2.45. The van der Waals surface area contributed by atoms with Gasteiger partial charge in [0.15, 0.2) is 0 Å². The Kier molecular flexibility index (Phi) is 6.90. The first-order valence-electron chi connectivity index (χ1n) is 7.23. The fourth-order valence-electron chi connectivity index (χ4n) is 1.95. The normalized spacial score (nSPS) is 13.5. The van der Waals surface area contributed by atoms with Crippen LogP contribution in [0.4, 0.5) is 0 Å². The zero-order valence-corrected chi connectivity index (χ0v) is 13.4. The average molecular weight is 281 g/mol. The van der Waals surface area contributed by atoms with Gasteiger partial charge in [-0.3, -0.25) is 0 Å². The Bertz CT molecular complexity index is 360. The molecular weight excluding hydrogens is 254 g/mol. The molecule has 0 saturated heterocycles. The number of nitrogens with one attached hydrogen (secondary N) is 1. The summed E-state index contributed by atoms with van der Waals surface area (Å²) in [5.74, 6) is 0.766. The van der Waals surface area contributed by atoms with Crippen LogP contribution in [0.5, 0.6) is 0 Å². The predicted octanol–water partition coefficient (Wildman–Crippen LogP) is 4.00. The van der Waals surface area contributed by atoms with Crippen molar-refractivity contribution in [3.63, 3.8) is 0 Å². The predicted molar refractivity (Wildman–Crippen MR) is 84.8 cm³/mol. The monoisotopic (exact) mass is 281 g/mol. The van der Waals surface area contributed by atoms with E-state index in [0.29, 0.717) is 6.04 Å². The summed E-state index contributed by atoms with van der Waals surface area (Å²) in [7, 11) is 0. The van der Waals surface area contributed by atoms with Gasteiger partial charge in [-0.25, -0.2) is 0 Å². The van der Waals surface area contributed by atoms with E-state index in [2.05, 4.69) is 43.4 Å². The second-order valence-corrected chi connectivity index (χ2v) is 6.12. The van der Waals surface area contributed by atoms with Crippen molar-refractivity contribution < 1.29 is 5.11 Å². The molecule has 3 heteroatoms. The van der Waals surface area contributed by atoms with Crippen LogP contribution in [-0.2, 0) is 0 Å². The number of hydrogen-bond donors (Lipinski definition) is 2. The van der Waals surface area contributed by atoms with Crippen LogP contribution >= 0.6 is 11.8 Å². The topological polar surface area (TPSA) is 32.3 Å². The van der Waals surface area contributed by atoms with Crippen molar-refractivity contribution >= 4 is 11.8 Å². The lowest BCUT2D eigenvalue weighted by Gasteiger charge is -2.24. The largest absolute Gasteiger partial charge is 0.389 e. The third-order valence-electron chi connectivity index (χ3n) is 3.71. The minimum Gasteiger partial charge on any atom is -0.389 e. The van der Waals surface area contributed by atoms with Crippen LogP contribution in [0, 0.1) is 0 Å². The highest BCUT2D eigenvalue weighted by molar-refractivity contribution is 7.99. The Morgan fingerprint density at radius 1 is 1.16 bits per heavy atom. The van der Waals surface area contributed by atoms with Gasteiger partial charge in [0, 0.05) is 16.7 Å². The minimum absolute atomic E-state index is 0.396. The van der Waals surface area contributed by atoms with E-state index in [9.17, 15) is 5.11 Å². The lowest BCUT2D eigenvalue weighted by atomic mass is 10.0. The maximum atomic E-state index is 10.3. The third-order valence-corrected chi connectivity index (χ3v) is 5.00. The van der Waals surface area contributed by atoms with Crippen LogP contribution in [0.3, 0.4) is 0 Å². The number of aliphatic hydroxyl groups is 1. The molecule has 2 N–H and O–H groups in total. The van der Waals surface area contributed by atoms with E-state index in [0.717, 1.165) is 25.1 Å². The SMILES string of the molecule is CCNC(C)c1ccc(SCC(O)(CC)CC)cc1. The highest BCUT2D eigenvalue weighted by atomic mass is 32.2. The van der Waals surface area contributed by atoms with Gasteiger partial charge in [0.25, 0.3) is 0 Å². The van der Waals surface area contributed by atoms with Gasteiger partial charge in [0.2, 0.25) is 0 Å². The van der Waals surface area contributed by atoms with Gasteiger partial charge in [0.1, 0.15) is 0 Å². The summed E-state index contributed by atoms with van der Waals surface area (Å²) < 4.78 is 0. The van der Waals surface area contributed by atoms with Crippen LogP contribution in [0.2, 0.25) is 0 Å². The first-order chi connectivity index (χ1) is 9.04. The Hall–Kier alpha value is -0.510. The van der Waals surface area contributed by atoms with Crippen molar-refractivity contribution in [2.75, 3.05) is 12.3 Å². The van der Waals surface area contributed by atoms with Crippen molar-refractivity contribution in [1.82, 2.24) is 5.32 Å². The smallest absolute Gasteiger partial charge is 0.0736 e. The van der Waals surface area contributed by atoms with Gasteiger partial charge >= 0.3 is 0 Å². The Morgan fingerprint density at radius 2 is 1.74 bits per heavy atom. The van der Waals surface area contributed by atoms with E-state index in [1.165, 1.54) is 10.5 Å². The van der Waals surface area contributed by atoms with Gasteiger partial charge < -0.3 is 10.4 Å². The summed E-state index contributed by atoms with van der Waals surface area (Å²) in [5, 5.41) is 13.7. The molecule has 1 unspecified atom stereocenters. The highest BCUT2D eigenvalue weighted by Crippen LogP contribution is 2.27. The van der Waals surface area contributed by atoms with Crippen molar-refractivity contribution in [1.29, 1.82) is 0 Å². The highest BCUT2D eigenvalue weighted by Gasteiger charge is 2.22. The van der Waals surface area contributed by atoms with Crippen molar-refractivity contribution in [3.05, 3.63) is 29.8 Å². The molecule has 0 heterocycles. The van der Waals surface area contributed by atoms with E-state index in [1.54, 1.807) is 11.8 Å². The quantitative estimate of drug-likeness (QED) is 0.706. The molecule has 0 aliphatic carbocycles. The fraction of sp³-hybridized carbons (Fsp3) is 0.625. The molecule has 1 aromatic carbocycles. The maximum Gasteiger partial charge on any atom is 0.0736 e. The van der Waals surface area contributed by atoms with Crippen LogP contribution in [0.25, 0.3) is 0 Å². The first-order valence-corrected chi connectivity index (χ1v) is 8.21. The molecule has 1 atom stereocenters. The van der Waals surface area contributed by atoms with Crippen molar-refractivity contribution in [3.8, 4) is 0 Å². The molecule has 2 nitrogen and oxygen atoms in total. The summed E-state index contributed by atoms with van der Waals surface area (Å²) in [4.78, 5) is 1.23. The van der Waals surface area contributed by atoms with Crippen LogP contribution < -0.4 is 5.32 Å². The molecular formula is C16H27NOS. The lowest BCUT2D eigenvalue weighted by molar-refractivity contribution is 0.0572. The van der Waals surface area contributed by atoms with Gasteiger partial charge in [-0.2, -0.15) is 0 Å². The molecule has 19 heavy (non-hydrogen) atoms. The zero-order chi connectivity index (χ0) is 14.3. The number of hydrogen-bond acceptors (Lipinski definition) is 3. The molecule has 1 aromatic rings. The number of thioether (sulfide) groups is 1. The van der Waals surface area contributed by atoms with E-state index in [-0.39, 0.29) is 0 Å². The van der Waals surface area contributed by atoms with Gasteiger partial charge in [0.05, 0.1) is 5.60 Å². The number of benzene rings is 1. The molecule has 0 amide bonds. The van der Waals surface area contributed by atoms with E-state index >= 15 is 0 Å². The van der Waals surface area contributed by atoms with Gasteiger partial charge in [-0.05, 0) is 44.0 Å². The molecule has 108 valence electrons. The molecule has 0 saturated carbocycles. The molecule has 0 aliphatic heterocycles. The first kappa shape index (κ1) is 16.5. The molecule has 0 aliphatic rings. The van der Waals surface area contributed by atoms with Gasteiger partial charge in [-0.15, -0.1) is 11.8 Å². The minimum atomic E-state index is -0.527. The molecule has 1 rings (SSSR count). The van der Waals surface area contributed by atoms with Crippen LogP contribution in [0.1, 0.15) is 52.1 Å². The molecule has 0 radical (unpaired) electrons. The van der Waals surface area contributed by atoms with E-state index in [1.807, 2.05) is 13.8 Å². The summed E-state index contributed by atoms with van der Waals surface area (Å²) in [6.07, 6.45) is 1.62. The Balaban J connectivity index is 2.57. The molecule has 0 aromatic heterocycles. The summed E-state index contributed by atoms with van der Waals surface area (Å²) >= 11 is 1.74. The molecule has 0 bridgehead atoms. The van der Waals surface area contributed by atoms with E-state index < -0.39 is 5.60 Å². The summed E-state index contributed by atoms with van der Waals surface area (Å²) in [6.45, 7) is 9.38.